The number of fused-ring (bicyclic) bond motifs is 1. The van der Waals surface area contributed by atoms with Crippen molar-refractivity contribution in [1.29, 1.82) is 0 Å². The lowest BCUT2D eigenvalue weighted by Crippen LogP contribution is -2.22. The summed E-state index contributed by atoms with van der Waals surface area (Å²) in [6, 6.07) is 3.87. The minimum Gasteiger partial charge on any atom is -0.491 e. The Balaban J connectivity index is 1.99. The molecule has 0 bridgehead atoms. The number of benzene rings is 1. The smallest absolute Gasteiger partial charge is 0.231 e. The summed E-state index contributed by atoms with van der Waals surface area (Å²) < 4.78 is 22.3. The Morgan fingerprint density at radius 3 is 2.52 bits per heavy atom. The SMILES string of the molecule is CCNCc1cc2c(cc1OCCOC(C)(C)C)OCO2. The fraction of sp³-hybridized carbons (Fsp3) is 0.625. The van der Waals surface area contributed by atoms with Crippen LogP contribution in [0, 0.1) is 0 Å². The van der Waals surface area contributed by atoms with Gasteiger partial charge in [0.2, 0.25) is 6.79 Å². The Labute approximate surface area is 126 Å². The summed E-state index contributed by atoms with van der Waals surface area (Å²) in [6.07, 6.45) is 0. The van der Waals surface area contributed by atoms with E-state index in [2.05, 4.69) is 12.2 Å². The van der Waals surface area contributed by atoms with E-state index >= 15 is 0 Å². The van der Waals surface area contributed by atoms with Crippen molar-refractivity contribution >= 4 is 0 Å². The maximum Gasteiger partial charge on any atom is 0.231 e. The topological polar surface area (TPSA) is 49.0 Å². The van der Waals surface area contributed by atoms with E-state index in [1.165, 1.54) is 0 Å². The lowest BCUT2D eigenvalue weighted by atomic mass is 10.1. The minimum atomic E-state index is -0.148. The number of nitrogens with one attached hydrogen (secondary N) is 1. The van der Waals surface area contributed by atoms with Crippen molar-refractivity contribution in [2.24, 2.45) is 0 Å². The first-order valence-corrected chi connectivity index (χ1v) is 7.39. The maximum absolute atomic E-state index is 5.85. The molecule has 0 unspecified atom stereocenters. The molecule has 2 rings (SSSR count). The lowest BCUT2D eigenvalue weighted by molar-refractivity contribution is -0.0164. The van der Waals surface area contributed by atoms with Gasteiger partial charge in [-0.15, -0.1) is 0 Å². The number of hydrogen-bond acceptors (Lipinski definition) is 5. The molecular weight excluding hydrogens is 270 g/mol. The van der Waals surface area contributed by atoms with E-state index < -0.39 is 0 Å². The van der Waals surface area contributed by atoms with Gasteiger partial charge in [0.05, 0.1) is 12.2 Å². The maximum atomic E-state index is 5.85. The third-order valence-corrected chi connectivity index (χ3v) is 3.00. The first kappa shape index (κ1) is 15.9. The minimum absolute atomic E-state index is 0.148. The third-order valence-electron chi connectivity index (χ3n) is 3.00. The highest BCUT2D eigenvalue weighted by atomic mass is 16.7. The number of ether oxygens (including phenoxy) is 4. The van der Waals surface area contributed by atoms with Crippen LogP contribution in [0.5, 0.6) is 17.2 Å². The summed E-state index contributed by atoms with van der Waals surface area (Å²) in [4.78, 5) is 0. The largest absolute Gasteiger partial charge is 0.491 e. The fourth-order valence-electron chi connectivity index (χ4n) is 2.00. The van der Waals surface area contributed by atoms with Gasteiger partial charge in [-0.1, -0.05) is 6.92 Å². The second-order valence-corrected chi connectivity index (χ2v) is 5.90. The van der Waals surface area contributed by atoms with Crippen LogP contribution in [0.25, 0.3) is 0 Å². The van der Waals surface area contributed by atoms with Crippen LogP contribution in [-0.2, 0) is 11.3 Å². The van der Waals surface area contributed by atoms with Gasteiger partial charge in [0.25, 0.3) is 0 Å². The molecule has 0 amide bonds. The molecule has 5 nitrogen and oxygen atoms in total. The van der Waals surface area contributed by atoms with Gasteiger partial charge >= 0.3 is 0 Å². The quantitative estimate of drug-likeness (QED) is 0.784. The molecule has 0 saturated heterocycles. The monoisotopic (exact) mass is 295 g/mol. The van der Waals surface area contributed by atoms with Crippen LogP contribution >= 0.6 is 0 Å². The van der Waals surface area contributed by atoms with Crippen LogP contribution in [0.4, 0.5) is 0 Å². The molecule has 1 aromatic rings. The van der Waals surface area contributed by atoms with Gasteiger partial charge in [-0.25, -0.2) is 0 Å². The predicted molar refractivity (Wildman–Crippen MR) is 81.1 cm³/mol. The van der Waals surface area contributed by atoms with Crippen molar-refractivity contribution in [1.82, 2.24) is 5.32 Å². The standard InChI is InChI=1S/C16H25NO4/c1-5-17-10-12-8-14-15(20-11-19-14)9-13(12)18-6-7-21-16(2,3)4/h8-9,17H,5-7,10-11H2,1-4H3. The van der Waals surface area contributed by atoms with Gasteiger partial charge in [-0.2, -0.15) is 0 Å². The van der Waals surface area contributed by atoms with Crippen molar-refractivity contribution < 1.29 is 18.9 Å². The van der Waals surface area contributed by atoms with Gasteiger partial charge in [0.15, 0.2) is 11.5 Å². The zero-order valence-corrected chi connectivity index (χ0v) is 13.3. The van der Waals surface area contributed by atoms with Crippen LogP contribution in [0.1, 0.15) is 33.3 Å². The molecule has 0 fully saturated rings. The fourth-order valence-corrected chi connectivity index (χ4v) is 2.00. The van der Waals surface area contributed by atoms with E-state index in [4.69, 9.17) is 18.9 Å². The molecule has 0 spiro atoms. The van der Waals surface area contributed by atoms with Crippen LogP contribution in [0.3, 0.4) is 0 Å². The zero-order valence-electron chi connectivity index (χ0n) is 13.3. The highest BCUT2D eigenvalue weighted by Gasteiger charge is 2.18. The number of hydrogen-bond donors (Lipinski definition) is 1. The summed E-state index contributed by atoms with van der Waals surface area (Å²) in [7, 11) is 0. The molecular formula is C16H25NO4. The van der Waals surface area contributed by atoms with Gasteiger partial charge < -0.3 is 24.3 Å². The molecule has 0 radical (unpaired) electrons. The first-order valence-electron chi connectivity index (χ1n) is 7.39. The molecule has 1 aliphatic heterocycles. The van der Waals surface area contributed by atoms with Crippen LogP contribution in [-0.4, -0.2) is 32.2 Å². The molecule has 5 heteroatoms. The van der Waals surface area contributed by atoms with Gasteiger partial charge in [0, 0.05) is 18.2 Å². The van der Waals surface area contributed by atoms with Crippen molar-refractivity contribution in [3.63, 3.8) is 0 Å². The van der Waals surface area contributed by atoms with Crippen LogP contribution in [0.15, 0.2) is 12.1 Å². The van der Waals surface area contributed by atoms with Crippen LogP contribution in [0.2, 0.25) is 0 Å². The lowest BCUT2D eigenvalue weighted by Gasteiger charge is -2.20. The molecule has 0 aliphatic carbocycles. The Kier molecular flexibility index (Phi) is 5.31. The summed E-state index contributed by atoms with van der Waals surface area (Å²) in [6.45, 7) is 11.1. The average molecular weight is 295 g/mol. The van der Waals surface area contributed by atoms with E-state index in [1.807, 2.05) is 32.9 Å². The van der Waals surface area contributed by atoms with Crippen molar-refractivity contribution in [3.05, 3.63) is 17.7 Å². The highest BCUT2D eigenvalue weighted by Crippen LogP contribution is 2.38. The third kappa shape index (κ3) is 4.79. The molecule has 21 heavy (non-hydrogen) atoms. The number of rotatable bonds is 7. The predicted octanol–water partition coefficient (Wildman–Crippen LogP) is 2.72. The second-order valence-electron chi connectivity index (χ2n) is 5.90. The molecule has 1 heterocycles. The Bertz CT molecular complexity index is 468. The van der Waals surface area contributed by atoms with Gasteiger partial charge in [-0.3, -0.25) is 0 Å². The second kappa shape index (κ2) is 7.00. The summed E-state index contributed by atoms with van der Waals surface area (Å²) in [5.41, 5.74) is 0.919. The summed E-state index contributed by atoms with van der Waals surface area (Å²) in [5, 5.41) is 3.30. The molecule has 1 aromatic carbocycles. The Morgan fingerprint density at radius 2 is 1.86 bits per heavy atom. The first-order chi connectivity index (χ1) is 9.99. The van der Waals surface area contributed by atoms with Crippen molar-refractivity contribution in [2.45, 2.75) is 39.8 Å². The highest BCUT2D eigenvalue weighted by molar-refractivity contribution is 5.51. The van der Waals surface area contributed by atoms with Crippen molar-refractivity contribution in [3.8, 4) is 17.2 Å². The van der Waals surface area contributed by atoms with Crippen molar-refractivity contribution in [2.75, 3.05) is 26.6 Å². The normalized spacial score (nSPS) is 13.5. The molecule has 1 N–H and O–H groups in total. The zero-order chi connectivity index (χ0) is 15.3. The summed E-state index contributed by atoms with van der Waals surface area (Å²) in [5.74, 6) is 2.33. The Morgan fingerprint density at radius 1 is 1.14 bits per heavy atom. The van der Waals surface area contributed by atoms with E-state index in [9.17, 15) is 0 Å². The molecule has 118 valence electrons. The molecule has 1 aliphatic rings. The Hall–Kier alpha value is -1.46. The molecule has 0 atom stereocenters. The van der Waals surface area contributed by atoms with E-state index in [0.717, 1.165) is 35.9 Å². The summed E-state index contributed by atoms with van der Waals surface area (Å²) >= 11 is 0. The van der Waals surface area contributed by atoms with E-state index in [0.29, 0.717) is 13.2 Å². The van der Waals surface area contributed by atoms with E-state index in [1.54, 1.807) is 0 Å². The van der Waals surface area contributed by atoms with Gasteiger partial charge in [0.1, 0.15) is 12.4 Å². The van der Waals surface area contributed by atoms with Gasteiger partial charge in [-0.05, 0) is 33.4 Å². The van der Waals surface area contributed by atoms with Crippen LogP contribution < -0.4 is 19.5 Å². The molecule has 0 saturated carbocycles. The average Bonchev–Trinajstić information content (AvgIpc) is 2.86. The van der Waals surface area contributed by atoms with E-state index in [-0.39, 0.29) is 12.4 Å². The molecule has 0 aromatic heterocycles.